The first-order valence-electron chi connectivity index (χ1n) is 9.88. The molecule has 0 fully saturated rings. The number of ether oxygens (including phenoxy) is 1. The summed E-state index contributed by atoms with van der Waals surface area (Å²) >= 11 is 5.05. The molecule has 0 saturated heterocycles. The number of hydrogen-bond acceptors (Lipinski definition) is 2. The first kappa shape index (κ1) is 25.9. The molecule has 0 amide bonds. The zero-order chi connectivity index (χ0) is 18.8. The number of halogens is 2. The van der Waals surface area contributed by atoms with Gasteiger partial charge in [-0.3, -0.25) is 0 Å². The lowest BCUT2D eigenvalue weighted by Gasteiger charge is -2.05. The van der Waals surface area contributed by atoms with E-state index in [0.29, 0.717) is 12.2 Å². The van der Waals surface area contributed by atoms with Gasteiger partial charge in [-0.05, 0) is 13.3 Å². The molecule has 0 bridgehead atoms. The maximum atomic E-state index is 11.2. The Bertz CT molecular complexity index is 336. The van der Waals surface area contributed by atoms with Crippen LogP contribution >= 0.6 is 45.2 Å². The van der Waals surface area contributed by atoms with E-state index < -0.39 is 0 Å². The van der Waals surface area contributed by atoms with E-state index in [2.05, 4.69) is 51.8 Å². The molecule has 0 unspecified atom stereocenters. The van der Waals surface area contributed by atoms with Crippen molar-refractivity contribution >= 4 is 60.7 Å². The van der Waals surface area contributed by atoms with Gasteiger partial charge in [-0.15, -0.1) is 0 Å². The SMILES string of the molecule is C=C(C)C(=O)OCCCCCCCCCCCCCCC[Si]C(I)I. The van der Waals surface area contributed by atoms with Crippen molar-refractivity contribution in [3.63, 3.8) is 0 Å². The molecular formula is C20H36I2O2Si. The summed E-state index contributed by atoms with van der Waals surface area (Å²) in [5.41, 5.74) is 0.492. The van der Waals surface area contributed by atoms with Crippen LogP contribution in [0, 0.1) is 0 Å². The van der Waals surface area contributed by atoms with Gasteiger partial charge in [0.1, 0.15) is 0 Å². The molecule has 0 aliphatic heterocycles. The van der Waals surface area contributed by atoms with Crippen molar-refractivity contribution in [1.29, 1.82) is 0 Å². The van der Waals surface area contributed by atoms with Gasteiger partial charge in [0.25, 0.3) is 0 Å². The molecule has 5 heteroatoms. The molecule has 0 spiro atoms. The molecule has 2 nitrogen and oxygen atoms in total. The highest BCUT2D eigenvalue weighted by atomic mass is 127. The number of rotatable bonds is 18. The lowest BCUT2D eigenvalue weighted by molar-refractivity contribution is -0.139. The standard InChI is InChI=1S/C20H36I2O2Si/c1-18(2)19(23)24-16-14-12-10-8-6-4-3-5-7-9-11-13-15-17-25-20(21)22/h20H,1,3-17H2,2H3. The minimum absolute atomic E-state index is 0.254. The molecule has 0 aromatic rings. The maximum absolute atomic E-state index is 11.2. The van der Waals surface area contributed by atoms with Crippen molar-refractivity contribution in [2.75, 3.05) is 6.61 Å². The van der Waals surface area contributed by atoms with Crippen molar-refractivity contribution in [3.05, 3.63) is 12.2 Å². The van der Waals surface area contributed by atoms with Crippen LogP contribution in [0.3, 0.4) is 0 Å². The Morgan fingerprint density at radius 3 is 1.64 bits per heavy atom. The molecule has 146 valence electrons. The number of alkyl halides is 2. The summed E-state index contributed by atoms with van der Waals surface area (Å²) in [6.45, 7) is 5.81. The number of carbonyl (C=O) groups excluding carboxylic acids is 1. The Labute approximate surface area is 185 Å². The second kappa shape index (κ2) is 19.6. The Balaban J connectivity index is 3.07. The first-order valence-corrected chi connectivity index (χ1v) is 13.7. The zero-order valence-electron chi connectivity index (χ0n) is 16.0. The lowest BCUT2D eigenvalue weighted by Crippen LogP contribution is -2.05. The van der Waals surface area contributed by atoms with Crippen molar-refractivity contribution in [2.24, 2.45) is 0 Å². The normalized spacial score (nSPS) is 11.0. The summed E-state index contributed by atoms with van der Waals surface area (Å²) in [5.74, 6) is -0.254. The molecule has 0 aromatic carbocycles. The van der Waals surface area contributed by atoms with Gasteiger partial charge in [0.15, 0.2) is 0 Å². The van der Waals surface area contributed by atoms with Gasteiger partial charge in [0.05, 0.1) is 17.7 Å². The van der Waals surface area contributed by atoms with E-state index in [4.69, 9.17) is 4.74 Å². The third-order valence-corrected chi connectivity index (χ3v) is 7.79. The monoisotopic (exact) mass is 590 g/mol. The summed E-state index contributed by atoms with van der Waals surface area (Å²) in [6, 6.07) is 1.44. The third-order valence-electron chi connectivity index (χ3n) is 4.20. The van der Waals surface area contributed by atoms with Crippen LogP contribution < -0.4 is 0 Å². The van der Waals surface area contributed by atoms with Crippen molar-refractivity contribution in [3.8, 4) is 0 Å². The average Bonchev–Trinajstić information content (AvgIpc) is 2.57. The molecule has 0 aliphatic rings. The fourth-order valence-corrected chi connectivity index (χ4v) is 5.21. The van der Waals surface area contributed by atoms with Gasteiger partial charge in [-0.25, -0.2) is 4.79 Å². The lowest BCUT2D eigenvalue weighted by atomic mass is 10.0. The molecule has 0 heterocycles. The summed E-state index contributed by atoms with van der Waals surface area (Å²) in [5, 5.41) is 0. The van der Waals surface area contributed by atoms with Gasteiger partial charge >= 0.3 is 5.97 Å². The summed E-state index contributed by atoms with van der Waals surface area (Å²) in [6.07, 6.45) is 17.5. The molecule has 25 heavy (non-hydrogen) atoms. The molecule has 0 saturated carbocycles. The van der Waals surface area contributed by atoms with Crippen molar-refractivity contribution in [1.82, 2.24) is 0 Å². The highest BCUT2D eigenvalue weighted by molar-refractivity contribution is 14.2. The van der Waals surface area contributed by atoms with E-state index in [1.165, 1.54) is 83.1 Å². The fourth-order valence-electron chi connectivity index (χ4n) is 2.67. The minimum Gasteiger partial charge on any atom is -0.462 e. The summed E-state index contributed by atoms with van der Waals surface area (Å²) in [4.78, 5) is 11.2. The summed E-state index contributed by atoms with van der Waals surface area (Å²) in [7, 11) is 1.15. The third kappa shape index (κ3) is 21.0. The average molecular weight is 590 g/mol. The molecule has 0 N–H and O–H groups in total. The number of hydrogen-bond donors (Lipinski definition) is 0. The zero-order valence-corrected chi connectivity index (χ0v) is 21.3. The molecule has 0 aliphatic carbocycles. The number of esters is 1. The fraction of sp³-hybridized carbons (Fsp3) is 0.850. The van der Waals surface area contributed by atoms with Gasteiger partial charge in [0.2, 0.25) is 0 Å². The molecular weight excluding hydrogens is 554 g/mol. The first-order chi connectivity index (χ1) is 12.0. The maximum Gasteiger partial charge on any atom is 0.333 e. The van der Waals surface area contributed by atoms with Crippen LogP contribution in [0.15, 0.2) is 12.2 Å². The van der Waals surface area contributed by atoms with Crippen molar-refractivity contribution < 1.29 is 9.53 Å². The van der Waals surface area contributed by atoms with Gasteiger partial charge in [-0.2, -0.15) is 0 Å². The quantitative estimate of drug-likeness (QED) is 0.0414. The minimum atomic E-state index is -0.254. The second-order valence-corrected chi connectivity index (χ2v) is 15.5. The van der Waals surface area contributed by atoms with Gasteiger partial charge < -0.3 is 4.74 Å². The van der Waals surface area contributed by atoms with E-state index in [1.54, 1.807) is 6.92 Å². The van der Waals surface area contributed by atoms with E-state index in [-0.39, 0.29) is 5.97 Å². The molecule has 2 radical (unpaired) electrons. The van der Waals surface area contributed by atoms with Crippen LogP contribution in [-0.4, -0.2) is 23.7 Å². The van der Waals surface area contributed by atoms with Crippen LogP contribution in [0.1, 0.15) is 90.4 Å². The largest absolute Gasteiger partial charge is 0.462 e. The molecule has 0 atom stereocenters. The molecule has 0 aromatic heterocycles. The van der Waals surface area contributed by atoms with E-state index in [0.717, 1.165) is 17.5 Å². The van der Waals surface area contributed by atoms with E-state index >= 15 is 0 Å². The number of unbranched alkanes of at least 4 members (excludes halogenated alkanes) is 12. The Kier molecular flexibility index (Phi) is 20.3. The van der Waals surface area contributed by atoms with Crippen LogP contribution in [-0.2, 0) is 9.53 Å². The Morgan fingerprint density at radius 2 is 1.24 bits per heavy atom. The highest BCUT2D eigenvalue weighted by Gasteiger charge is 2.02. The van der Waals surface area contributed by atoms with Gasteiger partial charge in [0, 0.05) is 5.57 Å². The Morgan fingerprint density at radius 1 is 0.840 bits per heavy atom. The smallest absolute Gasteiger partial charge is 0.333 e. The predicted molar refractivity (Wildman–Crippen MR) is 128 cm³/mol. The van der Waals surface area contributed by atoms with Crippen LogP contribution in [0.25, 0.3) is 0 Å². The molecule has 0 rings (SSSR count). The van der Waals surface area contributed by atoms with Crippen LogP contribution in [0.5, 0.6) is 0 Å². The predicted octanol–water partition coefficient (Wildman–Crippen LogP) is 7.45. The van der Waals surface area contributed by atoms with E-state index in [9.17, 15) is 4.79 Å². The second-order valence-electron chi connectivity index (χ2n) is 6.77. The van der Waals surface area contributed by atoms with Crippen LogP contribution in [0.2, 0.25) is 6.04 Å². The van der Waals surface area contributed by atoms with Crippen molar-refractivity contribution in [2.45, 2.75) is 98.0 Å². The van der Waals surface area contributed by atoms with E-state index in [1.807, 2.05) is 0 Å². The van der Waals surface area contributed by atoms with Crippen LogP contribution in [0.4, 0.5) is 0 Å². The highest BCUT2D eigenvalue weighted by Crippen LogP contribution is 2.15. The topological polar surface area (TPSA) is 26.3 Å². The summed E-state index contributed by atoms with van der Waals surface area (Å²) < 4.78 is 5.93. The Hall–Kier alpha value is 0.887. The van der Waals surface area contributed by atoms with Gasteiger partial charge in [-0.1, -0.05) is 135 Å². The number of carbonyl (C=O) groups is 1.